The van der Waals surface area contributed by atoms with Gasteiger partial charge in [-0.05, 0) is 28.4 Å². The van der Waals surface area contributed by atoms with Crippen molar-refractivity contribution in [1.29, 1.82) is 0 Å². The van der Waals surface area contributed by atoms with Crippen LogP contribution >= 0.6 is 15.9 Å². The molecule has 0 spiro atoms. The maximum atomic E-state index is 11.4. The molecular weight excluding hydrogens is 246 g/mol. The standard InChI is InChI=1S/C9H12BrN3O/c1-2-7(11)9(14)13-8-3-4-12-5-6(8)10/h3-5,7H,2,11H2,1H3,(H,12,13,14). The molecule has 0 fully saturated rings. The molecule has 5 heteroatoms. The van der Waals surface area contributed by atoms with E-state index in [1.807, 2.05) is 6.92 Å². The van der Waals surface area contributed by atoms with Gasteiger partial charge in [0.15, 0.2) is 0 Å². The van der Waals surface area contributed by atoms with Gasteiger partial charge in [-0.1, -0.05) is 6.92 Å². The minimum Gasteiger partial charge on any atom is -0.324 e. The number of aromatic nitrogens is 1. The lowest BCUT2D eigenvalue weighted by atomic mass is 10.2. The molecule has 4 nitrogen and oxygen atoms in total. The molecule has 0 saturated heterocycles. The van der Waals surface area contributed by atoms with E-state index in [-0.39, 0.29) is 5.91 Å². The molecule has 3 N–H and O–H groups in total. The summed E-state index contributed by atoms with van der Waals surface area (Å²) in [5.41, 5.74) is 6.26. The Labute approximate surface area is 91.0 Å². The van der Waals surface area contributed by atoms with Crippen LogP contribution in [0.2, 0.25) is 0 Å². The second-order valence-corrected chi connectivity index (χ2v) is 3.71. The molecule has 0 aromatic carbocycles. The van der Waals surface area contributed by atoms with E-state index in [1.54, 1.807) is 18.5 Å². The summed E-state index contributed by atoms with van der Waals surface area (Å²) in [6, 6.07) is 1.25. The van der Waals surface area contributed by atoms with E-state index in [0.29, 0.717) is 12.1 Å². The summed E-state index contributed by atoms with van der Waals surface area (Å²) < 4.78 is 0.747. The van der Waals surface area contributed by atoms with Crippen LogP contribution in [-0.4, -0.2) is 16.9 Å². The molecule has 1 rings (SSSR count). The number of hydrogen-bond acceptors (Lipinski definition) is 3. The van der Waals surface area contributed by atoms with Gasteiger partial charge in [-0.3, -0.25) is 9.78 Å². The lowest BCUT2D eigenvalue weighted by Gasteiger charge is -2.10. The van der Waals surface area contributed by atoms with Crippen LogP contribution in [0, 0.1) is 0 Å². The quantitative estimate of drug-likeness (QED) is 0.863. The van der Waals surface area contributed by atoms with Crippen molar-refractivity contribution in [3.8, 4) is 0 Å². The number of nitrogens with two attached hydrogens (primary N) is 1. The average Bonchev–Trinajstić information content (AvgIpc) is 2.20. The number of carbonyl (C=O) groups excluding carboxylic acids is 1. The maximum absolute atomic E-state index is 11.4. The molecule has 0 aliphatic rings. The first-order chi connectivity index (χ1) is 6.65. The number of pyridine rings is 1. The molecule has 0 aliphatic heterocycles. The van der Waals surface area contributed by atoms with E-state index >= 15 is 0 Å². The van der Waals surface area contributed by atoms with Crippen molar-refractivity contribution in [3.63, 3.8) is 0 Å². The monoisotopic (exact) mass is 257 g/mol. The molecule has 1 unspecified atom stereocenters. The molecule has 14 heavy (non-hydrogen) atoms. The molecule has 1 aromatic heterocycles. The first-order valence-corrected chi connectivity index (χ1v) is 5.10. The van der Waals surface area contributed by atoms with Gasteiger partial charge in [0.2, 0.25) is 5.91 Å². The second kappa shape index (κ2) is 5.07. The van der Waals surface area contributed by atoms with E-state index < -0.39 is 6.04 Å². The highest BCUT2D eigenvalue weighted by Gasteiger charge is 2.11. The summed E-state index contributed by atoms with van der Waals surface area (Å²) in [6.07, 6.45) is 3.85. The first kappa shape index (κ1) is 11.1. The average molecular weight is 258 g/mol. The van der Waals surface area contributed by atoms with Gasteiger partial charge in [0, 0.05) is 12.4 Å². The highest BCUT2D eigenvalue weighted by Crippen LogP contribution is 2.19. The molecule has 1 amide bonds. The Bertz CT molecular complexity index is 330. The first-order valence-electron chi connectivity index (χ1n) is 4.31. The fraction of sp³-hybridized carbons (Fsp3) is 0.333. The zero-order valence-corrected chi connectivity index (χ0v) is 9.41. The molecular formula is C9H12BrN3O. The Morgan fingerprint density at radius 3 is 3.07 bits per heavy atom. The number of halogens is 1. The van der Waals surface area contributed by atoms with Crippen molar-refractivity contribution in [3.05, 3.63) is 22.9 Å². The van der Waals surface area contributed by atoms with Crippen LogP contribution in [-0.2, 0) is 4.79 Å². The van der Waals surface area contributed by atoms with Gasteiger partial charge < -0.3 is 11.1 Å². The molecule has 0 bridgehead atoms. The number of nitrogens with one attached hydrogen (secondary N) is 1. The Kier molecular flexibility index (Phi) is 4.03. The number of anilines is 1. The van der Waals surface area contributed by atoms with Crippen LogP contribution in [0.3, 0.4) is 0 Å². The van der Waals surface area contributed by atoms with Gasteiger partial charge in [0.25, 0.3) is 0 Å². The van der Waals surface area contributed by atoms with Crippen molar-refractivity contribution >= 4 is 27.5 Å². The molecule has 0 aliphatic carbocycles. The van der Waals surface area contributed by atoms with E-state index in [2.05, 4.69) is 26.2 Å². The van der Waals surface area contributed by atoms with Crippen LogP contribution in [0.25, 0.3) is 0 Å². The number of rotatable bonds is 3. The summed E-state index contributed by atoms with van der Waals surface area (Å²) in [6.45, 7) is 1.87. The molecule has 1 aromatic rings. The van der Waals surface area contributed by atoms with Gasteiger partial charge in [-0.25, -0.2) is 0 Å². The molecule has 0 saturated carbocycles. The highest BCUT2D eigenvalue weighted by atomic mass is 79.9. The van der Waals surface area contributed by atoms with Gasteiger partial charge >= 0.3 is 0 Å². The molecule has 1 atom stereocenters. The highest BCUT2D eigenvalue weighted by molar-refractivity contribution is 9.10. The molecule has 76 valence electrons. The Hall–Kier alpha value is -0.940. The van der Waals surface area contributed by atoms with Gasteiger partial charge in [0.1, 0.15) is 0 Å². The van der Waals surface area contributed by atoms with Gasteiger partial charge in [0.05, 0.1) is 16.2 Å². The van der Waals surface area contributed by atoms with Crippen molar-refractivity contribution in [2.24, 2.45) is 5.73 Å². The van der Waals surface area contributed by atoms with E-state index in [1.165, 1.54) is 0 Å². The topological polar surface area (TPSA) is 68.0 Å². The summed E-state index contributed by atoms with van der Waals surface area (Å²) in [5, 5.41) is 2.71. The predicted molar refractivity (Wildman–Crippen MR) is 58.8 cm³/mol. The minimum absolute atomic E-state index is 0.181. The van der Waals surface area contributed by atoms with Gasteiger partial charge in [-0.15, -0.1) is 0 Å². The van der Waals surface area contributed by atoms with E-state index in [0.717, 1.165) is 4.47 Å². The van der Waals surface area contributed by atoms with Crippen molar-refractivity contribution in [1.82, 2.24) is 4.98 Å². The van der Waals surface area contributed by atoms with E-state index in [9.17, 15) is 4.79 Å². The normalized spacial score (nSPS) is 12.2. The van der Waals surface area contributed by atoms with Crippen molar-refractivity contribution in [2.75, 3.05) is 5.32 Å². The Morgan fingerprint density at radius 2 is 2.50 bits per heavy atom. The zero-order valence-electron chi connectivity index (χ0n) is 7.83. The molecule has 0 radical (unpaired) electrons. The summed E-state index contributed by atoms with van der Waals surface area (Å²) >= 11 is 3.28. The lowest BCUT2D eigenvalue weighted by molar-refractivity contribution is -0.117. The van der Waals surface area contributed by atoms with E-state index in [4.69, 9.17) is 5.73 Å². The Morgan fingerprint density at radius 1 is 1.79 bits per heavy atom. The van der Waals surface area contributed by atoms with Crippen LogP contribution in [0.5, 0.6) is 0 Å². The van der Waals surface area contributed by atoms with Crippen LogP contribution in [0.4, 0.5) is 5.69 Å². The number of carbonyl (C=O) groups is 1. The third kappa shape index (κ3) is 2.78. The Balaban J connectivity index is 2.70. The summed E-state index contributed by atoms with van der Waals surface area (Å²) in [5.74, 6) is -0.181. The van der Waals surface area contributed by atoms with Crippen LogP contribution in [0.15, 0.2) is 22.9 Å². The fourth-order valence-corrected chi connectivity index (χ4v) is 1.24. The lowest BCUT2D eigenvalue weighted by Crippen LogP contribution is -2.34. The second-order valence-electron chi connectivity index (χ2n) is 2.86. The van der Waals surface area contributed by atoms with Gasteiger partial charge in [-0.2, -0.15) is 0 Å². The fourth-order valence-electron chi connectivity index (χ4n) is 0.887. The third-order valence-electron chi connectivity index (χ3n) is 1.81. The van der Waals surface area contributed by atoms with Crippen molar-refractivity contribution < 1.29 is 4.79 Å². The maximum Gasteiger partial charge on any atom is 0.241 e. The zero-order chi connectivity index (χ0) is 10.6. The number of hydrogen-bond donors (Lipinski definition) is 2. The van der Waals surface area contributed by atoms with Crippen LogP contribution < -0.4 is 11.1 Å². The third-order valence-corrected chi connectivity index (χ3v) is 2.44. The SMILES string of the molecule is CCC(N)C(=O)Nc1ccncc1Br. The summed E-state index contributed by atoms with van der Waals surface area (Å²) in [7, 11) is 0. The summed E-state index contributed by atoms with van der Waals surface area (Å²) in [4.78, 5) is 15.3. The van der Waals surface area contributed by atoms with Crippen molar-refractivity contribution in [2.45, 2.75) is 19.4 Å². The smallest absolute Gasteiger partial charge is 0.241 e. The minimum atomic E-state index is -0.463. The molecule has 1 heterocycles. The number of nitrogens with zero attached hydrogens (tertiary/aromatic N) is 1. The van der Waals surface area contributed by atoms with Crippen LogP contribution in [0.1, 0.15) is 13.3 Å². The largest absolute Gasteiger partial charge is 0.324 e. The predicted octanol–water partition coefficient (Wildman–Crippen LogP) is 1.52. The number of amides is 1.